The Kier molecular flexibility index (Phi) is 4.73. The standard InChI is InChI=1S/C14H21NO3/c1-5-15(10-14(2,3)17)13(16)11-6-8-12(18-4)9-7-11/h6-9,17H,5,10H2,1-4H3. The van der Waals surface area contributed by atoms with Gasteiger partial charge >= 0.3 is 0 Å². The van der Waals surface area contributed by atoms with E-state index >= 15 is 0 Å². The lowest BCUT2D eigenvalue weighted by Gasteiger charge is -2.28. The van der Waals surface area contributed by atoms with Crippen LogP contribution in [0.4, 0.5) is 0 Å². The van der Waals surface area contributed by atoms with Gasteiger partial charge in [-0.05, 0) is 45.0 Å². The van der Waals surface area contributed by atoms with Crippen LogP contribution in [0.15, 0.2) is 24.3 Å². The molecule has 4 heteroatoms. The number of ether oxygens (including phenoxy) is 1. The molecule has 4 nitrogen and oxygen atoms in total. The number of likely N-dealkylation sites (N-methyl/N-ethyl adjacent to an activating group) is 1. The summed E-state index contributed by atoms with van der Waals surface area (Å²) >= 11 is 0. The van der Waals surface area contributed by atoms with Gasteiger partial charge in [0.2, 0.25) is 0 Å². The second-order valence-electron chi connectivity index (χ2n) is 4.86. The summed E-state index contributed by atoms with van der Waals surface area (Å²) < 4.78 is 5.05. The summed E-state index contributed by atoms with van der Waals surface area (Å²) in [7, 11) is 1.59. The number of methoxy groups -OCH3 is 1. The molecule has 1 aromatic carbocycles. The minimum atomic E-state index is -0.891. The van der Waals surface area contributed by atoms with Crippen LogP contribution in [0, 0.1) is 0 Å². The average molecular weight is 251 g/mol. The van der Waals surface area contributed by atoms with Gasteiger partial charge in [-0.25, -0.2) is 0 Å². The fourth-order valence-electron chi connectivity index (χ4n) is 1.71. The number of benzene rings is 1. The van der Waals surface area contributed by atoms with Crippen molar-refractivity contribution in [1.82, 2.24) is 4.90 Å². The van der Waals surface area contributed by atoms with Gasteiger partial charge in [0.1, 0.15) is 5.75 Å². The molecular formula is C14H21NO3. The van der Waals surface area contributed by atoms with E-state index in [2.05, 4.69) is 0 Å². The third-order valence-corrected chi connectivity index (χ3v) is 2.58. The summed E-state index contributed by atoms with van der Waals surface area (Å²) in [4.78, 5) is 13.9. The lowest BCUT2D eigenvalue weighted by atomic mass is 10.1. The Morgan fingerprint density at radius 3 is 2.28 bits per heavy atom. The summed E-state index contributed by atoms with van der Waals surface area (Å²) in [6, 6.07) is 6.97. The number of amides is 1. The average Bonchev–Trinajstić information content (AvgIpc) is 2.34. The largest absolute Gasteiger partial charge is 0.497 e. The maximum atomic E-state index is 12.2. The molecule has 0 bridgehead atoms. The van der Waals surface area contributed by atoms with Crippen LogP contribution < -0.4 is 4.74 Å². The highest BCUT2D eigenvalue weighted by molar-refractivity contribution is 5.94. The zero-order valence-corrected chi connectivity index (χ0v) is 11.4. The quantitative estimate of drug-likeness (QED) is 0.870. The molecule has 1 amide bonds. The van der Waals surface area contributed by atoms with Gasteiger partial charge in [0, 0.05) is 18.7 Å². The zero-order valence-electron chi connectivity index (χ0n) is 11.4. The fraction of sp³-hybridized carbons (Fsp3) is 0.500. The van der Waals surface area contributed by atoms with E-state index in [4.69, 9.17) is 4.74 Å². The first-order valence-electron chi connectivity index (χ1n) is 6.03. The van der Waals surface area contributed by atoms with E-state index in [0.717, 1.165) is 5.75 Å². The smallest absolute Gasteiger partial charge is 0.253 e. The summed E-state index contributed by atoms with van der Waals surface area (Å²) in [5, 5.41) is 9.78. The lowest BCUT2D eigenvalue weighted by molar-refractivity contribution is 0.0314. The van der Waals surface area contributed by atoms with E-state index < -0.39 is 5.60 Å². The molecule has 0 unspecified atom stereocenters. The van der Waals surface area contributed by atoms with Gasteiger partial charge in [-0.3, -0.25) is 4.79 Å². The molecule has 0 spiro atoms. The predicted molar refractivity (Wildman–Crippen MR) is 70.9 cm³/mol. The van der Waals surface area contributed by atoms with Gasteiger partial charge in [-0.2, -0.15) is 0 Å². The van der Waals surface area contributed by atoms with Crippen LogP contribution in [0.25, 0.3) is 0 Å². The van der Waals surface area contributed by atoms with Crippen molar-refractivity contribution in [1.29, 1.82) is 0 Å². The van der Waals surface area contributed by atoms with Crippen molar-refractivity contribution >= 4 is 5.91 Å². The molecule has 0 aliphatic heterocycles. The Hall–Kier alpha value is -1.55. The molecule has 1 N–H and O–H groups in total. The molecule has 0 aliphatic rings. The SMILES string of the molecule is CCN(CC(C)(C)O)C(=O)c1ccc(OC)cc1. The minimum absolute atomic E-state index is 0.0812. The number of carbonyl (C=O) groups is 1. The molecule has 0 fully saturated rings. The van der Waals surface area contributed by atoms with Crippen molar-refractivity contribution < 1.29 is 14.6 Å². The number of hydrogen-bond acceptors (Lipinski definition) is 3. The predicted octanol–water partition coefficient (Wildman–Crippen LogP) is 1.93. The van der Waals surface area contributed by atoms with Gasteiger partial charge in [0.05, 0.1) is 12.7 Å². The van der Waals surface area contributed by atoms with E-state index in [-0.39, 0.29) is 5.91 Å². The number of carbonyl (C=O) groups excluding carboxylic acids is 1. The molecule has 0 saturated heterocycles. The summed E-state index contributed by atoms with van der Waals surface area (Å²) in [5.74, 6) is 0.638. The van der Waals surface area contributed by atoms with Gasteiger partial charge in [-0.1, -0.05) is 0 Å². The second kappa shape index (κ2) is 5.87. The van der Waals surface area contributed by atoms with Crippen LogP contribution in [0.3, 0.4) is 0 Å². The number of aliphatic hydroxyl groups is 1. The molecule has 1 aromatic rings. The molecule has 0 radical (unpaired) electrons. The van der Waals surface area contributed by atoms with Crippen LogP contribution >= 0.6 is 0 Å². The molecule has 0 heterocycles. The van der Waals surface area contributed by atoms with Crippen molar-refractivity contribution in [2.45, 2.75) is 26.4 Å². The van der Waals surface area contributed by atoms with Crippen LogP contribution in [0.2, 0.25) is 0 Å². The highest BCUT2D eigenvalue weighted by Gasteiger charge is 2.22. The first kappa shape index (κ1) is 14.5. The molecule has 0 aromatic heterocycles. The number of rotatable bonds is 5. The first-order chi connectivity index (χ1) is 8.37. The monoisotopic (exact) mass is 251 g/mol. The minimum Gasteiger partial charge on any atom is -0.497 e. The molecule has 100 valence electrons. The highest BCUT2D eigenvalue weighted by atomic mass is 16.5. The van der Waals surface area contributed by atoms with E-state index in [1.165, 1.54) is 0 Å². The van der Waals surface area contributed by atoms with E-state index in [0.29, 0.717) is 18.7 Å². The lowest BCUT2D eigenvalue weighted by Crippen LogP contribution is -2.42. The van der Waals surface area contributed by atoms with E-state index in [1.807, 2.05) is 6.92 Å². The molecule has 0 aliphatic carbocycles. The number of hydrogen-bond donors (Lipinski definition) is 1. The van der Waals surface area contributed by atoms with Gasteiger partial charge in [0.25, 0.3) is 5.91 Å². The fourth-order valence-corrected chi connectivity index (χ4v) is 1.71. The molecule has 0 saturated carbocycles. The van der Waals surface area contributed by atoms with Crippen molar-refractivity contribution in [3.05, 3.63) is 29.8 Å². The Bertz CT molecular complexity index is 392. The van der Waals surface area contributed by atoms with Gasteiger partial charge in [-0.15, -0.1) is 0 Å². The third kappa shape index (κ3) is 4.04. The Labute approximate surface area is 108 Å². The van der Waals surface area contributed by atoms with Crippen molar-refractivity contribution in [3.63, 3.8) is 0 Å². The normalized spacial score (nSPS) is 11.2. The Balaban J connectivity index is 2.82. The third-order valence-electron chi connectivity index (χ3n) is 2.58. The summed E-state index contributed by atoms with van der Waals surface area (Å²) in [6.45, 7) is 6.16. The molecule has 0 atom stereocenters. The zero-order chi connectivity index (χ0) is 13.8. The van der Waals surface area contributed by atoms with Crippen LogP contribution in [0.1, 0.15) is 31.1 Å². The maximum absolute atomic E-state index is 12.2. The van der Waals surface area contributed by atoms with Gasteiger partial charge in [0.15, 0.2) is 0 Å². The summed E-state index contributed by atoms with van der Waals surface area (Å²) in [6.07, 6.45) is 0. The first-order valence-corrected chi connectivity index (χ1v) is 6.03. The van der Waals surface area contributed by atoms with Crippen LogP contribution in [-0.4, -0.2) is 41.7 Å². The Morgan fingerprint density at radius 1 is 1.33 bits per heavy atom. The summed E-state index contributed by atoms with van der Waals surface area (Å²) in [5.41, 5.74) is -0.292. The highest BCUT2D eigenvalue weighted by Crippen LogP contribution is 2.14. The Morgan fingerprint density at radius 2 is 1.89 bits per heavy atom. The van der Waals surface area contributed by atoms with Crippen molar-refractivity contribution in [2.75, 3.05) is 20.2 Å². The van der Waals surface area contributed by atoms with Crippen molar-refractivity contribution in [2.24, 2.45) is 0 Å². The van der Waals surface area contributed by atoms with Crippen molar-refractivity contribution in [3.8, 4) is 5.75 Å². The topological polar surface area (TPSA) is 49.8 Å². The van der Waals surface area contributed by atoms with Crippen LogP contribution in [0.5, 0.6) is 5.75 Å². The van der Waals surface area contributed by atoms with Gasteiger partial charge < -0.3 is 14.7 Å². The molecule has 1 rings (SSSR count). The molecular weight excluding hydrogens is 230 g/mol. The number of nitrogens with zero attached hydrogens (tertiary/aromatic N) is 1. The maximum Gasteiger partial charge on any atom is 0.253 e. The second-order valence-corrected chi connectivity index (χ2v) is 4.86. The van der Waals surface area contributed by atoms with Crippen LogP contribution in [-0.2, 0) is 0 Å². The van der Waals surface area contributed by atoms with E-state index in [1.54, 1.807) is 50.1 Å². The molecule has 18 heavy (non-hydrogen) atoms. The van der Waals surface area contributed by atoms with E-state index in [9.17, 15) is 9.90 Å².